The van der Waals surface area contributed by atoms with E-state index in [9.17, 15) is 9.59 Å². The Hall–Kier alpha value is -1.46. The highest BCUT2D eigenvalue weighted by atomic mass is 16.6. The minimum Gasteiger partial charge on any atom is -0.457 e. The Balaban J connectivity index is 1.56. The summed E-state index contributed by atoms with van der Waals surface area (Å²) in [4.78, 5) is 29.6. The van der Waals surface area contributed by atoms with Gasteiger partial charge in [0.05, 0.1) is 5.92 Å². The van der Waals surface area contributed by atoms with Crippen LogP contribution in [0.5, 0.6) is 0 Å². The van der Waals surface area contributed by atoms with E-state index in [1.807, 2.05) is 13.0 Å². The lowest BCUT2D eigenvalue weighted by Crippen LogP contribution is -2.48. The third kappa shape index (κ3) is 2.77. The van der Waals surface area contributed by atoms with Gasteiger partial charge in [-0.15, -0.1) is 0 Å². The summed E-state index contributed by atoms with van der Waals surface area (Å²) in [5.74, 6) is 0.149. The SMILES string of the molecule is CC1=C2[C@H]3OC(=O)[C@@H](CN4CCN(C)CC4)[C@@H]3CC[C@@]2(C)C=CC1=O. The number of fused-ring (bicyclic) bond motifs is 3. The molecule has 2 saturated heterocycles. The van der Waals surface area contributed by atoms with Crippen molar-refractivity contribution in [3.05, 3.63) is 23.3 Å². The van der Waals surface area contributed by atoms with Crippen LogP contribution in [0.2, 0.25) is 0 Å². The fourth-order valence-corrected chi connectivity index (χ4v) is 5.09. The van der Waals surface area contributed by atoms with Gasteiger partial charge in [0.2, 0.25) is 0 Å². The number of ketones is 1. The Bertz CT molecular complexity index is 660. The molecule has 5 heteroatoms. The van der Waals surface area contributed by atoms with Crippen LogP contribution >= 0.6 is 0 Å². The van der Waals surface area contributed by atoms with Crippen LogP contribution in [0.3, 0.4) is 0 Å². The van der Waals surface area contributed by atoms with E-state index in [0.29, 0.717) is 0 Å². The summed E-state index contributed by atoms with van der Waals surface area (Å²) >= 11 is 0. The van der Waals surface area contributed by atoms with E-state index in [1.165, 1.54) is 0 Å². The number of piperazine rings is 1. The molecule has 0 bridgehead atoms. The first kappa shape index (κ1) is 17.0. The van der Waals surface area contributed by atoms with Crippen LogP contribution in [0.4, 0.5) is 0 Å². The zero-order valence-electron chi connectivity index (χ0n) is 15.5. The van der Waals surface area contributed by atoms with Gasteiger partial charge in [-0.1, -0.05) is 13.0 Å². The van der Waals surface area contributed by atoms with Crippen molar-refractivity contribution in [2.75, 3.05) is 39.8 Å². The number of hydrogen-bond donors (Lipinski definition) is 0. The molecular weight excluding hydrogens is 316 g/mol. The average Bonchev–Trinajstić information content (AvgIpc) is 2.89. The molecule has 3 fully saturated rings. The summed E-state index contributed by atoms with van der Waals surface area (Å²) in [5, 5.41) is 0. The Labute approximate surface area is 149 Å². The molecule has 0 N–H and O–H groups in total. The molecule has 0 radical (unpaired) electrons. The summed E-state index contributed by atoms with van der Waals surface area (Å²) in [6.07, 6.45) is 5.48. The third-order valence-electron chi connectivity index (χ3n) is 6.78. The molecule has 0 aromatic carbocycles. The average molecular weight is 344 g/mol. The van der Waals surface area contributed by atoms with Gasteiger partial charge in [0.1, 0.15) is 6.10 Å². The van der Waals surface area contributed by atoms with E-state index in [0.717, 1.165) is 56.7 Å². The summed E-state index contributed by atoms with van der Waals surface area (Å²) < 4.78 is 5.87. The van der Waals surface area contributed by atoms with E-state index in [2.05, 4.69) is 23.8 Å². The number of allylic oxidation sites excluding steroid dienone is 3. The monoisotopic (exact) mass is 344 g/mol. The fraction of sp³-hybridized carbons (Fsp3) is 0.700. The van der Waals surface area contributed by atoms with Crippen molar-refractivity contribution in [2.45, 2.75) is 32.8 Å². The lowest BCUT2D eigenvalue weighted by atomic mass is 9.61. The molecule has 5 nitrogen and oxygen atoms in total. The van der Waals surface area contributed by atoms with Gasteiger partial charge in [0, 0.05) is 49.6 Å². The molecule has 0 spiro atoms. The quantitative estimate of drug-likeness (QED) is 0.713. The highest BCUT2D eigenvalue weighted by Crippen LogP contribution is 2.53. The Kier molecular flexibility index (Phi) is 4.12. The summed E-state index contributed by atoms with van der Waals surface area (Å²) in [5.41, 5.74) is 1.71. The van der Waals surface area contributed by atoms with Crippen LogP contribution in [-0.2, 0) is 14.3 Å². The topological polar surface area (TPSA) is 49.9 Å². The molecule has 136 valence electrons. The van der Waals surface area contributed by atoms with Crippen molar-refractivity contribution in [3.63, 3.8) is 0 Å². The number of likely N-dealkylation sites (N-methyl/N-ethyl adjacent to an activating group) is 1. The number of esters is 1. The molecule has 0 amide bonds. The first-order valence-corrected chi connectivity index (χ1v) is 9.45. The Morgan fingerprint density at radius 3 is 2.68 bits per heavy atom. The van der Waals surface area contributed by atoms with Crippen molar-refractivity contribution in [1.82, 2.24) is 9.80 Å². The molecule has 2 heterocycles. The molecule has 0 aromatic rings. The zero-order chi connectivity index (χ0) is 17.8. The summed E-state index contributed by atoms with van der Waals surface area (Å²) in [6.45, 7) is 8.99. The predicted molar refractivity (Wildman–Crippen MR) is 95.0 cm³/mol. The maximum absolute atomic E-state index is 12.7. The summed E-state index contributed by atoms with van der Waals surface area (Å²) in [6, 6.07) is 0. The first-order chi connectivity index (χ1) is 11.9. The largest absolute Gasteiger partial charge is 0.457 e. The van der Waals surface area contributed by atoms with Crippen LogP contribution in [0.1, 0.15) is 26.7 Å². The van der Waals surface area contributed by atoms with Gasteiger partial charge in [0.25, 0.3) is 0 Å². The number of carbonyl (C=O) groups is 2. The predicted octanol–water partition coefficient (Wildman–Crippen LogP) is 1.65. The van der Waals surface area contributed by atoms with E-state index in [4.69, 9.17) is 4.74 Å². The maximum atomic E-state index is 12.7. The van der Waals surface area contributed by atoms with Gasteiger partial charge in [-0.2, -0.15) is 0 Å². The lowest BCUT2D eigenvalue weighted by Gasteiger charge is -2.43. The number of hydrogen-bond acceptors (Lipinski definition) is 5. The van der Waals surface area contributed by atoms with Crippen LogP contribution < -0.4 is 0 Å². The molecule has 2 aliphatic carbocycles. The van der Waals surface area contributed by atoms with Crippen LogP contribution in [0.15, 0.2) is 23.3 Å². The lowest BCUT2D eigenvalue weighted by molar-refractivity contribution is -0.144. The number of rotatable bonds is 2. The highest BCUT2D eigenvalue weighted by molar-refractivity contribution is 6.05. The van der Waals surface area contributed by atoms with Crippen molar-refractivity contribution in [1.29, 1.82) is 0 Å². The second kappa shape index (κ2) is 6.06. The number of nitrogens with zero attached hydrogens (tertiary/aromatic N) is 2. The van der Waals surface area contributed by atoms with Crippen molar-refractivity contribution < 1.29 is 14.3 Å². The molecule has 2 aliphatic heterocycles. The number of ether oxygens (including phenoxy) is 1. The molecule has 1 saturated carbocycles. The van der Waals surface area contributed by atoms with Crippen molar-refractivity contribution >= 4 is 11.8 Å². The second-order valence-corrected chi connectivity index (χ2v) is 8.42. The van der Waals surface area contributed by atoms with E-state index >= 15 is 0 Å². The van der Waals surface area contributed by atoms with Crippen molar-refractivity contribution in [2.24, 2.45) is 17.3 Å². The Morgan fingerprint density at radius 1 is 1.24 bits per heavy atom. The molecule has 25 heavy (non-hydrogen) atoms. The molecule has 0 aromatic heterocycles. The Morgan fingerprint density at radius 2 is 1.96 bits per heavy atom. The van der Waals surface area contributed by atoms with Gasteiger partial charge in [0.15, 0.2) is 5.78 Å². The second-order valence-electron chi connectivity index (χ2n) is 8.42. The smallest absolute Gasteiger partial charge is 0.311 e. The fourth-order valence-electron chi connectivity index (χ4n) is 5.09. The molecule has 4 rings (SSSR count). The maximum Gasteiger partial charge on any atom is 0.311 e. The van der Waals surface area contributed by atoms with Crippen molar-refractivity contribution in [3.8, 4) is 0 Å². The number of carbonyl (C=O) groups excluding carboxylic acids is 2. The van der Waals surface area contributed by atoms with Gasteiger partial charge in [-0.05, 0) is 38.5 Å². The highest BCUT2D eigenvalue weighted by Gasteiger charge is 2.54. The molecule has 0 unspecified atom stereocenters. The van der Waals surface area contributed by atoms with Crippen LogP contribution in [-0.4, -0.2) is 67.4 Å². The van der Waals surface area contributed by atoms with E-state index in [1.54, 1.807) is 6.08 Å². The van der Waals surface area contributed by atoms with Gasteiger partial charge < -0.3 is 9.64 Å². The molecule has 4 aliphatic rings. The molecular formula is C20H28N2O3. The first-order valence-electron chi connectivity index (χ1n) is 9.45. The van der Waals surface area contributed by atoms with Gasteiger partial charge in [-0.3, -0.25) is 14.5 Å². The zero-order valence-corrected chi connectivity index (χ0v) is 15.5. The van der Waals surface area contributed by atoms with E-state index in [-0.39, 0.29) is 35.1 Å². The minimum atomic E-state index is -0.211. The van der Waals surface area contributed by atoms with E-state index < -0.39 is 0 Å². The van der Waals surface area contributed by atoms with Crippen LogP contribution in [0.25, 0.3) is 0 Å². The third-order valence-corrected chi connectivity index (χ3v) is 6.78. The minimum absolute atomic E-state index is 0.0562. The van der Waals surface area contributed by atoms with Gasteiger partial charge >= 0.3 is 5.97 Å². The van der Waals surface area contributed by atoms with Crippen LogP contribution in [0, 0.1) is 17.3 Å². The standard InChI is InChI=1S/C20H28N2O3/c1-13-16(23)5-7-20(2)6-4-14-15(19(24)25-18(14)17(13)20)12-22-10-8-21(3)9-11-22/h5,7,14-15,18H,4,6,8-12H2,1-3H3/t14-,15-,18-,20-/m0/s1. The molecule has 4 atom stereocenters. The van der Waals surface area contributed by atoms with Gasteiger partial charge in [-0.25, -0.2) is 0 Å². The normalized spacial score (nSPS) is 39.4. The summed E-state index contributed by atoms with van der Waals surface area (Å²) in [7, 11) is 2.14.